The number of amides is 2. The van der Waals surface area contributed by atoms with Gasteiger partial charge in [0.05, 0.1) is 30.6 Å². The molecule has 4 rings (SSSR count). The molecular weight excluding hydrogens is 428 g/mol. The summed E-state index contributed by atoms with van der Waals surface area (Å²) in [5.74, 6) is 1.43. The maximum absolute atomic E-state index is 13.2. The first-order chi connectivity index (χ1) is 16.5. The van der Waals surface area contributed by atoms with Crippen LogP contribution in [0.4, 0.5) is 0 Å². The second kappa shape index (κ2) is 10.7. The van der Waals surface area contributed by atoms with Crippen molar-refractivity contribution in [2.24, 2.45) is 0 Å². The average molecular weight is 463 g/mol. The van der Waals surface area contributed by atoms with Crippen molar-refractivity contribution < 1.29 is 14.3 Å². The van der Waals surface area contributed by atoms with Gasteiger partial charge < -0.3 is 19.5 Å². The topological polar surface area (TPSA) is 76.5 Å². The molecule has 0 radical (unpaired) electrons. The van der Waals surface area contributed by atoms with Crippen LogP contribution in [0.3, 0.4) is 0 Å². The van der Waals surface area contributed by atoms with Crippen LogP contribution in [-0.2, 0) is 22.6 Å². The third-order valence-electron chi connectivity index (χ3n) is 6.78. The Bertz CT molecular complexity index is 1130. The lowest BCUT2D eigenvalue weighted by Crippen LogP contribution is -2.40. The molecule has 1 aliphatic rings. The number of carbonyl (C=O) groups excluding carboxylic acids is 2. The number of rotatable bonds is 8. The van der Waals surface area contributed by atoms with Gasteiger partial charge in [0.2, 0.25) is 11.8 Å². The number of nitrogens with zero attached hydrogens (tertiary/aromatic N) is 3. The van der Waals surface area contributed by atoms with Crippen molar-refractivity contribution in [1.82, 2.24) is 19.8 Å². The van der Waals surface area contributed by atoms with Gasteiger partial charge in [-0.1, -0.05) is 43.5 Å². The van der Waals surface area contributed by atoms with Crippen LogP contribution in [-0.4, -0.2) is 46.5 Å². The van der Waals surface area contributed by atoms with E-state index < -0.39 is 0 Å². The zero-order valence-electron chi connectivity index (χ0n) is 20.3. The smallest absolute Gasteiger partial charge is 0.242 e. The number of aromatic nitrogens is 2. The van der Waals surface area contributed by atoms with Crippen LogP contribution in [0.2, 0.25) is 0 Å². The van der Waals surface area contributed by atoms with E-state index in [9.17, 15) is 9.59 Å². The summed E-state index contributed by atoms with van der Waals surface area (Å²) in [6.45, 7) is 2.13. The molecule has 1 aromatic heterocycles. The first kappa shape index (κ1) is 23.8. The molecule has 1 N–H and O–H groups in total. The fraction of sp³-hybridized carbons (Fsp3) is 0.444. The fourth-order valence-corrected chi connectivity index (χ4v) is 4.80. The van der Waals surface area contributed by atoms with Crippen LogP contribution >= 0.6 is 0 Å². The standard InChI is InChI=1S/C27H34N4O3/c1-19(28-25(32)17-20-13-15-22(34-3)16-14-20)27-29-23-11-7-8-12-24(23)31(27)18-26(33)30(2)21-9-5-4-6-10-21/h7-8,11-16,19,21H,4-6,9-10,17-18H2,1-3H3,(H,28,32). The van der Waals surface area contributed by atoms with Gasteiger partial charge in [0.1, 0.15) is 18.1 Å². The monoisotopic (exact) mass is 462 g/mol. The number of fused-ring (bicyclic) bond motifs is 1. The van der Waals surface area contributed by atoms with E-state index in [-0.39, 0.29) is 30.8 Å². The number of ether oxygens (including phenoxy) is 1. The third kappa shape index (κ3) is 5.41. The van der Waals surface area contributed by atoms with Gasteiger partial charge in [0.25, 0.3) is 0 Å². The van der Waals surface area contributed by atoms with E-state index >= 15 is 0 Å². The molecule has 1 fully saturated rings. The number of nitrogens with one attached hydrogen (secondary N) is 1. The number of benzene rings is 2. The second-order valence-corrected chi connectivity index (χ2v) is 9.16. The SMILES string of the molecule is COc1ccc(CC(=O)NC(C)c2nc3ccccc3n2CC(=O)N(C)C2CCCCC2)cc1. The number of carbonyl (C=O) groups is 2. The number of methoxy groups -OCH3 is 1. The van der Waals surface area contributed by atoms with Crippen LogP contribution in [0, 0.1) is 0 Å². The van der Waals surface area contributed by atoms with E-state index in [4.69, 9.17) is 9.72 Å². The summed E-state index contributed by atoms with van der Waals surface area (Å²) in [6.07, 6.45) is 6.01. The molecule has 180 valence electrons. The molecule has 34 heavy (non-hydrogen) atoms. The Morgan fingerprint density at radius 3 is 2.53 bits per heavy atom. The molecule has 2 aromatic carbocycles. The molecule has 7 nitrogen and oxygen atoms in total. The molecule has 1 aliphatic carbocycles. The van der Waals surface area contributed by atoms with Crippen LogP contribution in [0.5, 0.6) is 5.75 Å². The molecule has 2 amide bonds. The van der Waals surface area contributed by atoms with Gasteiger partial charge in [-0.05, 0) is 49.6 Å². The van der Waals surface area contributed by atoms with E-state index in [0.717, 1.165) is 35.2 Å². The molecule has 1 heterocycles. The third-order valence-corrected chi connectivity index (χ3v) is 6.78. The van der Waals surface area contributed by atoms with Gasteiger partial charge in [-0.15, -0.1) is 0 Å². The summed E-state index contributed by atoms with van der Waals surface area (Å²) in [4.78, 5) is 32.7. The predicted octanol–water partition coefficient (Wildman–Crippen LogP) is 4.26. The molecule has 1 saturated carbocycles. The largest absolute Gasteiger partial charge is 0.497 e. The molecule has 0 bridgehead atoms. The number of para-hydroxylation sites is 2. The Hall–Kier alpha value is -3.35. The minimum absolute atomic E-state index is 0.0769. The highest BCUT2D eigenvalue weighted by Gasteiger charge is 2.25. The van der Waals surface area contributed by atoms with Crippen molar-refractivity contribution in [3.63, 3.8) is 0 Å². The lowest BCUT2D eigenvalue weighted by Gasteiger charge is -2.31. The number of hydrogen-bond donors (Lipinski definition) is 1. The molecule has 1 unspecified atom stereocenters. The summed E-state index contributed by atoms with van der Waals surface area (Å²) in [6, 6.07) is 15.2. The van der Waals surface area contributed by atoms with Gasteiger partial charge in [0.15, 0.2) is 0 Å². The van der Waals surface area contributed by atoms with E-state index in [0.29, 0.717) is 11.9 Å². The van der Waals surface area contributed by atoms with Crippen molar-refractivity contribution in [2.45, 2.75) is 64.1 Å². The van der Waals surface area contributed by atoms with Crippen molar-refractivity contribution in [3.05, 3.63) is 59.9 Å². The van der Waals surface area contributed by atoms with Crippen molar-refractivity contribution in [2.75, 3.05) is 14.2 Å². The Kier molecular flexibility index (Phi) is 7.50. The average Bonchev–Trinajstić information content (AvgIpc) is 3.23. The molecule has 0 aliphatic heterocycles. The first-order valence-corrected chi connectivity index (χ1v) is 12.1. The predicted molar refractivity (Wildman–Crippen MR) is 133 cm³/mol. The first-order valence-electron chi connectivity index (χ1n) is 12.1. The van der Waals surface area contributed by atoms with E-state index in [1.807, 2.05) is 72.0 Å². The van der Waals surface area contributed by atoms with Crippen molar-refractivity contribution >= 4 is 22.8 Å². The Morgan fingerprint density at radius 2 is 1.82 bits per heavy atom. The van der Waals surface area contributed by atoms with Crippen LogP contribution in [0.1, 0.15) is 56.5 Å². The fourth-order valence-electron chi connectivity index (χ4n) is 4.80. The lowest BCUT2D eigenvalue weighted by atomic mass is 9.94. The highest BCUT2D eigenvalue weighted by molar-refractivity contribution is 5.82. The normalized spacial score (nSPS) is 15.1. The van der Waals surface area contributed by atoms with Gasteiger partial charge in [-0.25, -0.2) is 4.98 Å². The van der Waals surface area contributed by atoms with Gasteiger partial charge in [0, 0.05) is 13.1 Å². The second-order valence-electron chi connectivity index (χ2n) is 9.16. The summed E-state index contributed by atoms with van der Waals surface area (Å²) in [5, 5.41) is 3.06. The van der Waals surface area contributed by atoms with Crippen molar-refractivity contribution in [1.29, 1.82) is 0 Å². The number of likely N-dealkylation sites (N-methyl/N-ethyl adjacent to an activating group) is 1. The summed E-state index contributed by atoms with van der Waals surface area (Å²) in [7, 11) is 3.53. The maximum atomic E-state index is 13.2. The molecule has 1 atom stereocenters. The summed E-state index contributed by atoms with van der Waals surface area (Å²) < 4.78 is 7.14. The Balaban J connectivity index is 1.50. The van der Waals surface area contributed by atoms with Gasteiger partial charge in [-0.2, -0.15) is 0 Å². The molecule has 3 aromatic rings. The maximum Gasteiger partial charge on any atom is 0.242 e. The zero-order valence-corrected chi connectivity index (χ0v) is 20.3. The van der Waals surface area contributed by atoms with Crippen LogP contribution < -0.4 is 10.1 Å². The van der Waals surface area contributed by atoms with E-state index in [1.54, 1.807) is 7.11 Å². The summed E-state index contributed by atoms with van der Waals surface area (Å²) in [5.41, 5.74) is 2.63. The molecular formula is C27H34N4O3. The molecule has 0 spiro atoms. The van der Waals surface area contributed by atoms with E-state index in [2.05, 4.69) is 5.32 Å². The van der Waals surface area contributed by atoms with E-state index in [1.165, 1.54) is 19.3 Å². The number of hydrogen-bond acceptors (Lipinski definition) is 4. The minimum atomic E-state index is -0.342. The number of imidazole rings is 1. The van der Waals surface area contributed by atoms with Crippen LogP contribution in [0.25, 0.3) is 11.0 Å². The molecule has 7 heteroatoms. The summed E-state index contributed by atoms with van der Waals surface area (Å²) >= 11 is 0. The molecule has 0 saturated heterocycles. The van der Waals surface area contributed by atoms with Gasteiger partial charge >= 0.3 is 0 Å². The quantitative estimate of drug-likeness (QED) is 0.543. The Labute approximate surface area is 201 Å². The lowest BCUT2D eigenvalue weighted by molar-refractivity contribution is -0.133. The highest BCUT2D eigenvalue weighted by atomic mass is 16.5. The Morgan fingerprint density at radius 1 is 1.12 bits per heavy atom. The minimum Gasteiger partial charge on any atom is -0.497 e. The zero-order chi connectivity index (χ0) is 24.1. The highest BCUT2D eigenvalue weighted by Crippen LogP contribution is 2.24. The van der Waals surface area contributed by atoms with Crippen LogP contribution in [0.15, 0.2) is 48.5 Å². The van der Waals surface area contributed by atoms with Crippen molar-refractivity contribution in [3.8, 4) is 5.75 Å². The van der Waals surface area contributed by atoms with Gasteiger partial charge in [-0.3, -0.25) is 9.59 Å².